The first-order chi connectivity index (χ1) is 8.86. The van der Waals surface area contributed by atoms with Crippen LogP contribution in [0.2, 0.25) is 0 Å². The molecule has 0 aliphatic carbocycles. The third-order valence-corrected chi connectivity index (χ3v) is 3.61. The molecule has 94 valence electrons. The molecule has 0 saturated carbocycles. The van der Waals surface area contributed by atoms with Crippen LogP contribution in [0.5, 0.6) is 5.75 Å². The summed E-state index contributed by atoms with van der Waals surface area (Å²) in [6, 6.07) is 7.43. The average molecular weight is 243 g/mol. The molecule has 1 aromatic carbocycles. The van der Waals surface area contributed by atoms with Gasteiger partial charge in [0.05, 0.1) is 6.20 Å². The predicted molar refractivity (Wildman–Crippen MR) is 70.5 cm³/mol. The predicted octanol–water partition coefficient (Wildman–Crippen LogP) is 2.25. The summed E-state index contributed by atoms with van der Waals surface area (Å²) in [6.45, 7) is 2.09. The Kier molecular flexibility index (Phi) is 3.02. The van der Waals surface area contributed by atoms with Crippen molar-refractivity contribution >= 4 is 0 Å². The highest BCUT2D eigenvalue weighted by Gasteiger charge is 2.21. The van der Waals surface area contributed by atoms with Gasteiger partial charge in [0.25, 0.3) is 0 Å². The van der Waals surface area contributed by atoms with Crippen molar-refractivity contribution in [2.75, 3.05) is 13.1 Å². The van der Waals surface area contributed by atoms with E-state index in [0.717, 1.165) is 42.8 Å². The Morgan fingerprint density at radius 2 is 1.89 bits per heavy atom. The van der Waals surface area contributed by atoms with E-state index in [1.165, 1.54) is 0 Å². The maximum absolute atomic E-state index is 9.95. The van der Waals surface area contributed by atoms with Crippen LogP contribution in [0.3, 0.4) is 0 Å². The van der Waals surface area contributed by atoms with Crippen molar-refractivity contribution < 1.29 is 5.11 Å². The Balaban J connectivity index is 1.98. The zero-order valence-corrected chi connectivity index (χ0v) is 10.2. The number of aromatic nitrogens is 2. The molecule has 1 aromatic heterocycles. The molecule has 3 rings (SSSR count). The first-order valence-electron chi connectivity index (χ1n) is 6.38. The molecule has 1 aliphatic rings. The Hall–Kier alpha value is -1.81. The lowest BCUT2D eigenvalue weighted by atomic mass is 9.90. The highest BCUT2D eigenvalue weighted by molar-refractivity contribution is 5.71. The summed E-state index contributed by atoms with van der Waals surface area (Å²) in [5.74, 6) is 0.817. The Morgan fingerprint density at radius 1 is 1.11 bits per heavy atom. The van der Waals surface area contributed by atoms with Gasteiger partial charge in [0.2, 0.25) is 0 Å². The summed E-state index contributed by atoms with van der Waals surface area (Å²) >= 11 is 0. The van der Waals surface area contributed by atoms with Gasteiger partial charge in [-0.15, -0.1) is 0 Å². The second-order valence-corrected chi connectivity index (χ2v) is 4.74. The number of H-pyrrole nitrogens is 1. The fourth-order valence-corrected chi connectivity index (χ4v) is 2.63. The number of phenolic OH excluding ortho intramolecular Hbond substituents is 1. The number of hydrogen-bond acceptors (Lipinski definition) is 3. The summed E-state index contributed by atoms with van der Waals surface area (Å²) in [5.41, 5.74) is 3.04. The monoisotopic (exact) mass is 243 g/mol. The number of piperidine rings is 1. The van der Waals surface area contributed by atoms with E-state index in [2.05, 4.69) is 15.5 Å². The summed E-state index contributed by atoms with van der Waals surface area (Å²) in [5, 5.41) is 20.6. The number of nitrogens with one attached hydrogen (secondary N) is 2. The number of aromatic amines is 1. The first-order valence-corrected chi connectivity index (χ1v) is 6.38. The van der Waals surface area contributed by atoms with Gasteiger partial charge >= 0.3 is 0 Å². The van der Waals surface area contributed by atoms with Crippen LogP contribution in [0.4, 0.5) is 0 Å². The summed E-state index contributed by atoms with van der Waals surface area (Å²) in [4.78, 5) is 0. The maximum atomic E-state index is 9.95. The number of para-hydroxylation sites is 1. The van der Waals surface area contributed by atoms with Gasteiger partial charge in [-0.3, -0.25) is 5.10 Å². The van der Waals surface area contributed by atoms with Gasteiger partial charge < -0.3 is 10.4 Å². The van der Waals surface area contributed by atoms with E-state index < -0.39 is 0 Å². The normalized spacial score (nSPS) is 16.9. The van der Waals surface area contributed by atoms with E-state index in [4.69, 9.17) is 0 Å². The second kappa shape index (κ2) is 4.82. The topological polar surface area (TPSA) is 60.9 Å². The van der Waals surface area contributed by atoms with E-state index in [1.54, 1.807) is 6.07 Å². The van der Waals surface area contributed by atoms with Gasteiger partial charge in [-0.1, -0.05) is 18.2 Å². The lowest BCUT2D eigenvalue weighted by Crippen LogP contribution is -2.27. The van der Waals surface area contributed by atoms with Crippen molar-refractivity contribution in [2.24, 2.45) is 0 Å². The standard InChI is InChI=1S/C14H17N3O/c18-13-4-2-1-3-11(13)12-9-16-17-14(12)10-5-7-15-8-6-10/h1-4,9-10,15,18H,5-8H2,(H,16,17). The van der Waals surface area contributed by atoms with Crippen LogP contribution in [0.15, 0.2) is 30.5 Å². The van der Waals surface area contributed by atoms with Gasteiger partial charge in [0.1, 0.15) is 5.75 Å². The molecule has 2 aromatic rings. The Bertz CT molecular complexity index is 529. The van der Waals surface area contributed by atoms with E-state index in [-0.39, 0.29) is 0 Å². The molecule has 2 heterocycles. The zero-order chi connectivity index (χ0) is 12.4. The molecular formula is C14H17N3O. The maximum Gasteiger partial charge on any atom is 0.123 e. The molecule has 4 heteroatoms. The number of rotatable bonds is 2. The molecular weight excluding hydrogens is 226 g/mol. The van der Waals surface area contributed by atoms with Gasteiger partial charge in [0.15, 0.2) is 0 Å². The number of phenols is 1. The van der Waals surface area contributed by atoms with Crippen molar-refractivity contribution in [2.45, 2.75) is 18.8 Å². The molecule has 1 saturated heterocycles. The van der Waals surface area contributed by atoms with Crippen LogP contribution < -0.4 is 5.32 Å². The van der Waals surface area contributed by atoms with Gasteiger partial charge in [-0.05, 0) is 32.0 Å². The summed E-state index contributed by atoms with van der Waals surface area (Å²) in [6.07, 6.45) is 4.04. The second-order valence-electron chi connectivity index (χ2n) is 4.74. The van der Waals surface area contributed by atoms with Crippen LogP contribution in [-0.2, 0) is 0 Å². The number of aromatic hydroxyl groups is 1. The van der Waals surface area contributed by atoms with Crippen molar-refractivity contribution in [3.05, 3.63) is 36.2 Å². The minimum Gasteiger partial charge on any atom is -0.507 e. The molecule has 0 atom stereocenters. The van der Waals surface area contributed by atoms with Crippen LogP contribution >= 0.6 is 0 Å². The molecule has 0 unspecified atom stereocenters. The molecule has 0 spiro atoms. The molecule has 4 nitrogen and oxygen atoms in total. The molecule has 0 radical (unpaired) electrons. The molecule has 0 amide bonds. The number of nitrogens with zero attached hydrogens (tertiary/aromatic N) is 1. The minimum atomic E-state index is 0.314. The lowest BCUT2D eigenvalue weighted by Gasteiger charge is -2.22. The van der Waals surface area contributed by atoms with E-state index in [1.807, 2.05) is 24.4 Å². The van der Waals surface area contributed by atoms with Crippen LogP contribution in [0.25, 0.3) is 11.1 Å². The average Bonchev–Trinajstić information content (AvgIpc) is 2.89. The van der Waals surface area contributed by atoms with E-state index >= 15 is 0 Å². The number of benzene rings is 1. The highest BCUT2D eigenvalue weighted by Crippen LogP contribution is 2.36. The molecule has 0 bridgehead atoms. The van der Waals surface area contributed by atoms with Crippen molar-refractivity contribution in [3.8, 4) is 16.9 Å². The third kappa shape index (κ3) is 1.99. The van der Waals surface area contributed by atoms with E-state index in [0.29, 0.717) is 11.7 Å². The first kappa shape index (κ1) is 11.3. The van der Waals surface area contributed by atoms with Crippen LogP contribution in [0.1, 0.15) is 24.5 Å². The van der Waals surface area contributed by atoms with E-state index in [9.17, 15) is 5.11 Å². The summed E-state index contributed by atoms with van der Waals surface area (Å²) in [7, 11) is 0. The lowest BCUT2D eigenvalue weighted by molar-refractivity contribution is 0.453. The number of hydrogen-bond donors (Lipinski definition) is 3. The Morgan fingerprint density at radius 3 is 2.67 bits per heavy atom. The highest BCUT2D eigenvalue weighted by atomic mass is 16.3. The fraction of sp³-hybridized carbons (Fsp3) is 0.357. The van der Waals surface area contributed by atoms with Crippen LogP contribution in [-0.4, -0.2) is 28.4 Å². The fourth-order valence-electron chi connectivity index (χ4n) is 2.63. The minimum absolute atomic E-state index is 0.314. The van der Waals surface area contributed by atoms with Crippen molar-refractivity contribution in [1.29, 1.82) is 0 Å². The van der Waals surface area contributed by atoms with Crippen molar-refractivity contribution in [3.63, 3.8) is 0 Å². The molecule has 1 fully saturated rings. The largest absolute Gasteiger partial charge is 0.507 e. The smallest absolute Gasteiger partial charge is 0.123 e. The van der Waals surface area contributed by atoms with Gasteiger partial charge in [0, 0.05) is 22.7 Å². The molecule has 18 heavy (non-hydrogen) atoms. The Labute approximate surface area is 106 Å². The molecule has 1 aliphatic heterocycles. The van der Waals surface area contributed by atoms with Crippen LogP contribution in [0, 0.1) is 0 Å². The SMILES string of the molecule is Oc1ccccc1-c1cn[nH]c1C1CCNCC1. The summed E-state index contributed by atoms with van der Waals surface area (Å²) < 4.78 is 0. The van der Waals surface area contributed by atoms with Gasteiger partial charge in [-0.25, -0.2) is 0 Å². The quantitative estimate of drug-likeness (QED) is 0.758. The third-order valence-electron chi connectivity index (χ3n) is 3.61. The van der Waals surface area contributed by atoms with Gasteiger partial charge in [-0.2, -0.15) is 5.10 Å². The molecule has 3 N–H and O–H groups in total. The van der Waals surface area contributed by atoms with Crippen molar-refractivity contribution in [1.82, 2.24) is 15.5 Å². The zero-order valence-electron chi connectivity index (χ0n) is 10.2.